The number of amides is 3. The van der Waals surface area contributed by atoms with Crippen molar-refractivity contribution in [2.45, 2.75) is 65.6 Å². The molecule has 0 unspecified atom stereocenters. The second kappa shape index (κ2) is 11.4. The Kier molecular flexibility index (Phi) is 9.55. The number of methoxy groups -OCH3 is 1. The standard InChI is InChI=1S/C23H35N3O5/c1-15(2)14-18(25-21(28)16(3)26(22(29)30)23(4,5)6)10-13-20(27)24-17-8-11-19(31-7)12-9-17/h8-13,15-16,18H,14H2,1-7H3,(H,24,27)(H,25,28)(H,29,30)/t16-,18+/m0/s1. The maximum Gasteiger partial charge on any atom is 0.408 e. The van der Waals surface area contributed by atoms with Crippen molar-refractivity contribution in [2.75, 3.05) is 12.4 Å². The molecule has 0 fully saturated rings. The second-order valence-electron chi connectivity index (χ2n) is 8.82. The Morgan fingerprint density at radius 1 is 1.13 bits per heavy atom. The number of carbonyl (C=O) groups excluding carboxylic acids is 2. The van der Waals surface area contributed by atoms with Gasteiger partial charge in [0.1, 0.15) is 11.8 Å². The van der Waals surface area contributed by atoms with E-state index in [0.717, 1.165) is 4.90 Å². The average Bonchev–Trinajstić information content (AvgIpc) is 2.64. The van der Waals surface area contributed by atoms with Crippen LogP contribution < -0.4 is 15.4 Å². The maximum absolute atomic E-state index is 12.8. The number of hydrogen-bond donors (Lipinski definition) is 3. The second-order valence-corrected chi connectivity index (χ2v) is 8.82. The maximum atomic E-state index is 12.8. The number of carboxylic acid groups (broad SMARTS) is 1. The Hall–Kier alpha value is -3.03. The molecule has 8 heteroatoms. The van der Waals surface area contributed by atoms with Gasteiger partial charge < -0.3 is 20.5 Å². The van der Waals surface area contributed by atoms with Crippen molar-refractivity contribution in [3.05, 3.63) is 36.4 Å². The highest BCUT2D eigenvalue weighted by atomic mass is 16.5. The van der Waals surface area contributed by atoms with Crippen LogP contribution in [0.25, 0.3) is 0 Å². The molecule has 0 saturated heterocycles. The quantitative estimate of drug-likeness (QED) is 0.512. The molecule has 1 rings (SSSR count). The molecule has 0 aromatic heterocycles. The summed E-state index contributed by atoms with van der Waals surface area (Å²) >= 11 is 0. The van der Waals surface area contributed by atoms with Gasteiger partial charge in [0.15, 0.2) is 0 Å². The topological polar surface area (TPSA) is 108 Å². The molecular weight excluding hydrogens is 398 g/mol. The average molecular weight is 434 g/mol. The molecule has 3 N–H and O–H groups in total. The minimum absolute atomic E-state index is 0.257. The molecule has 2 atom stereocenters. The van der Waals surface area contributed by atoms with Gasteiger partial charge in [-0.1, -0.05) is 19.9 Å². The summed E-state index contributed by atoms with van der Waals surface area (Å²) in [5.74, 6) is 0.201. The predicted molar refractivity (Wildman–Crippen MR) is 121 cm³/mol. The summed E-state index contributed by atoms with van der Waals surface area (Å²) < 4.78 is 5.09. The van der Waals surface area contributed by atoms with E-state index in [1.807, 2.05) is 13.8 Å². The Morgan fingerprint density at radius 3 is 2.16 bits per heavy atom. The summed E-state index contributed by atoms with van der Waals surface area (Å²) in [4.78, 5) is 37.8. The number of nitrogens with one attached hydrogen (secondary N) is 2. The van der Waals surface area contributed by atoms with E-state index in [2.05, 4.69) is 10.6 Å². The van der Waals surface area contributed by atoms with Gasteiger partial charge in [-0.15, -0.1) is 0 Å². The first-order valence-electron chi connectivity index (χ1n) is 10.3. The molecule has 0 aliphatic carbocycles. The molecule has 0 aliphatic heterocycles. The van der Waals surface area contributed by atoms with E-state index in [1.54, 1.807) is 65.1 Å². The van der Waals surface area contributed by atoms with Gasteiger partial charge in [0.05, 0.1) is 7.11 Å². The molecule has 0 heterocycles. The van der Waals surface area contributed by atoms with Crippen molar-refractivity contribution in [3.63, 3.8) is 0 Å². The van der Waals surface area contributed by atoms with E-state index in [1.165, 1.54) is 6.08 Å². The molecule has 0 spiro atoms. The zero-order chi connectivity index (χ0) is 23.8. The van der Waals surface area contributed by atoms with Crippen molar-refractivity contribution in [1.29, 1.82) is 0 Å². The van der Waals surface area contributed by atoms with E-state index in [4.69, 9.17) is 4.74 Å². The van der Waals surface area contributed by atoms with Crippen LogP contribution in [0.15, 0.2) is 36.4 Å². The third-order valence-electron chi connectivity index (χ3n) is 4.59. The number of ether oxygens (including phenoxy) is 1. The van der Waals surface area contributed by atoms with Gasteiger partial charge in [-0.05, 0) is 64.3 Å². The highest BCUT2D eigenvalue weighted by molar-refractivity contribution is 5.99. The number of hydrogen-bond acceptors (Lipinski definition) is 4. The first-order valence-corrected chi connectivity index (χ1v) is 10.3. The van der Waals surface area contributed by atoms with Crippen LogP contribution in [0.4, 0.5) is 10.5 Å². The highest BCUT2D eigenvalue weighted by Crippen LogP contribution is 2.18. The third-order valence-corrected chi connectivity index (χ3v) is 4.59. The van der Waals surface area contributed by atoms with Crippen molar-refractivity contribution < 1.29 is 24.2 Å². The fourth-order valence-corrected chi connectivity index (χ4v) is 3.21. The third kappa shape index (κ3) is 8.70. The zero-order valence-corrected chi connectivity index (χ0v) is 19.4. The lowest BCUT2D eigenvalue weighted by Gasteiger charge is -2.37. The molecule has 8 nitrogen and oxygen atoms in total. The van der Waals surface area contributed by atoms with Gasteiger partial charge in [0.25, 0.3) is 0 Å². The van der Waals surface area contributed by atoms with E-state index in [9.17, 15) is 19.5 Å². The summed E-state index contributed by atoms with van der Waals surface area (Å²) in [7, 11) is 1.57. The molecule has 172 valence electrons. The first kappa shape index (κ1) is 26.0. The van der Waals surface area contributed by atoms with Gasteiger partial charge in [-0.25, -0.2) is 4.79 Å². The highest BCUT2D eigenvalue weighted by Gasteiger charge is 2.35. The lowest BCUT2D eigenvalue weighted by atomic mass is 10.0. The van der Waals surface area contributed by atoms with E-state index in [0.29, 0.717) is 17.9 Å². The molecular formula is C23H35N3O5. The molecule has 0 bridgehead atoms. The predicted octanol–water partition coefficient (Wildman–Crippen LogP) is 3.89. The minimum atomic E-state index is -1.16. The lowest BCUT2D eigenvalue weighted by Crippen LogP contribution is -2.56. The van der Waals surface area contributed by atoms with Crippen LogP contribution in [0.3, 0.4) is 0 Å². The molecule has 0 radical (unpaired) electrons. The number of anilines is 1. The molecule has 3 amide bonds. The Morgan fingerprint density at radius 2 is 1.71 bits per heavy atom. The Bertz CT molecular complexity index is 781. The van der Waals surface area contributed by atoms with Crippen LogP contribution in [0.1, 0.15) is 48.0 Å². The van der Waals surface area contributed by atoms with Crippen LogP contribution in [0.2, 0.25) is 0 Å². The number of benzene rings is 1. The monoisotopic (exact) mass is 433 g/mol. The fourth-order valence-electron chi connectivity index (χ4n) is 3.21. The number of nitrogens with zero attached hydrogens (tertiary/aromatic N) is 1. The van der Waals surface area contributed by atoms with Crippen molar-refractivity contribution in [3.8, 4) is 5.75 Å². The SMILES string of the molecule is COc1ccc(NC(=O)C=C[C@H](CC(C)C)NC(=O)[C@H](C)N(C(=O)O)C(C)(C)C)cc1. The Labute approximate surface area is 184 Å². The van der Waals surface area contributed by atoms with Crippen molar-refractivity contribution in [2.24, 2.45) is 5.92 Å². The normalized spacial score (nSPS) is 13.5. The van der Waals surface area contributed by atoms with Gasteiger partial charge in [0.2, 0.25) is 11.8 Å². The lowest BCUT2D eigenvalue weighted by molar-refractivity contribution is -0.127. The first-order chi connectivity index (χ1) is 14.3. The summed E-state index contributed by atoms with van der Waals surface area (Å²) in [6.07, 6.45) is 2.45. The molecule has 0 aliphatic rings. The number of carbonyl (C=O) groups is 3. The molecule has 1 aromatic rings. The van der Waals surface area contributed by atoms with Crippen LogP contribution in [0, 0.1) is 5.92 Å². The number of rotatable bonds is 9. The van der Waals surface area contributed by atoms with Gasteiger partial charge in [-0.2, -0.15) is 0 Å². The van der Waals surface area contributed by atoms with Crippen molar-refractivity contribution in [1.82, 2.24) is 10.2 Å². The molecule has 1 aromatic carbocycles. The fraction of sp³-hybridized carbons (Fsp3) is 0.522. The summed E-state index contributed by atoms with van der Waals surface area (Å²) in [5.41, 5.74) is -0.111. The van der Waals surface area contributed by atoms with Gasteiger partial charge in [0, 0.05) is 23.3 Å². The summed E-state index contributed by atoms with van der Waals surface area (Å²) in [5, 5.41) is 15.1. The largest absolute Gasteiger partial charge is 0.497 e. The van der Waals surface area contributed by atoms with Crippen molar-refractivity contribution >= 4 is 23.6 Å². The van der Waals surface area contributed by atoms with E-state index < -0.39 is 29.6 Å². The van der Waals surface area contributed by atoms with E-state index in [-0.39, 0.29) is 11.8 Å². The Balaban J connectivity index is 2.86. The smallest absolute Gasteiger partial charge is 0.408 e. The molecule has 0 saturated carbocycles. The minimum Gasteiger partial charge on any atom is -0.497 e. The van der Waals surface area contributed by atoms with Crippen LogP contribution in [-0.2, 0) is 9.59 Å². The summed E-state index contributed by atoms with van der Waals surface area (Å²) in [6, 6.07) is 5.65. The molecule has 31 heavy (non-hydrogen) atoms. The summed E-state index contributed by atoms with van der Waals surface area (Å²) in [6.45, 7) is 10.8. The van der Waals surface area contributed by atoms with Crippen LogP contribution in [0.5, 0.6) is 5.75 Å². The van der Waals surface area contributed by atoms with Crippen LogP contribution in [-0.4, -0.2) is 52.6 Å². The van der Waals surface area contributed by atoms with Gasteiger partial charge >= 0.3 is 6.09 Å². The van der Waals surface area contributed by atoms with Gasteiger partial charge in [-0.3, -0.25) is 14.5 Å². The van der Waals surface area contributed by atoms with Crippen LogP contribution >= 0.6 is 0 Å². The van der Waals surface area contributed by atoms with E-state index >= 15 is 0 Å². The zero-order valence-electron chi connectivity index (χ0n) is 19.4.